The Balaban J connectivity index is 1.89. The van der Waals surface area contributed by atoms with E-state index in [1.165, 1.54) is 7.11 Å². The fraction of sp³-hybridized carbons (Fsp3) is 0.118. The first kappa shape index (κ1) is 13.2. The summed E-state index contributed by atoms with van der Waals surface area (Å²) in [4.78, 5) is 14.8. The summed E-state index contributed by atoms with van der Waals surface area (Å²) in [6.07, 6.45) is 1.64. The van der Waals surface area contributed by atoms with Gasteiger partial charge < -0.3 is 14.5 Å². The molecule has 0 fully saturated rings. The van der Waals surface area contributed by atoms with E-state index in [-0.39, 0.29) is 5.97 Å². The zero-order chi connectivity index (χ0) is 14.7. The highest BCUT2D eigenvalue weighted by Gasteiger charge is 2.14. The molecule has 0 unspecified atom stereocenters. The van der Waals surface area contributed by atoms with Crippen LogP contribution in [0.1, 0.15) is 15.9 Å². The van der Waals surface area contributed by atoms with E-state index in [1.54, 1.807) is 6.20 Å². The molecule has 2 aromatic carbocycles. The SMILES string of the molecule is COC(=O)c1c[nH]c2c(OCc3ccccc3)cccc12. The smallest absolute Gasteiger partial charge is 0.340 e. The lowest BCUT2D eigenvalue weighted by Crippen LogP contribution is -1.99. The number of ether oxygens (including phenoxy) is 2. The number of hydrogen-bond donors (Lipinski definition) is 1. The van der Waals surface area contributed by atoms with Gasteiger partial charge >= 0.3 is 5.97 Å². The van der Waals surface area contributed by atoms with Gasteiger partial charge in [-0.05, 0) is 11.6 Å². The second-order valence-electron chi connectivity index (χ2n) is 4.65. The fourth-order valence-corrected chi connectivity index (χ4v) is 2.26. The van der Waals surface area contributed by atoms with E-state index in [0.717, 1.165) is 16.5 Å². The number of fused-ring (bicyclic) bond motifs is 1. The molecule has 1 N–H and O–H groups in total. The van der Waals surface area contributed by atoms with Gasteiger partial charge in [0.2, 0.25) is 0 Å². The van der Waals surface area contributed by atoms with Gasteiger partial charge in [-0.1, -0.05) is 42.5 Å². The minimum Gasteiger partial charge on any atom is -0.487 e. The Labute approximate surface area is 122 Å². The molecule has 0 saturated carbocycles. The molecule has 0 saturated heterocycles. The van der Waals surface area contributed by atoms with Crippen LogP contribution >= 0.6 is 0 Å². The van der Waals surface area contributed by atoms with Crippen molar-refractivity contribution in [3.63, 3.8) is 0 Å². The van der Waals surface area contributed by atoms with Crippen molar-refractivity contribution < 1.29 is 14.3 Å². The highest BCUT2D eigenvalue weighted by atomic mass is 16.5. The van der Waals surface area contributed by atoms with Gasteiger partial charge in [0.15, 0.2) is 0 Å². The molecule has 1 aromatic heterocycles. The number of H-pyrrole nitrogens is 1. The number of nitrogens with one attached hydrogen (secondary N) is 1. The van der Waals surface area contributed by atoms with Crippen molar-refractivity contribution in [1.82, 2.24) is 4.98 Å². The molecule has 0 spiro atoms. The molecule has 1 heterocycles. The Morgan fingerprint density at radius 2 is 1.90 bits per heavy atom. The Hall–Kier alpha value is -2.75. The first-order valence-electron chi connectivity index (χ1n) is 6.64. The first-order valence-corrected chi connectivity index (χ1v) is 6.64. The highest BCUT2D eigenvalue weighted by molar-refractivity contribution is 6.05. The van der Waals surface area contributed by atoms with Crippen molar-refractivity contribution in [3.05, 3.63) is 65.9 Å². The molecule has 0 aliphatic heterocycles. The minimum absolute atomic E-state index is 0.360. The molecule has 106 valence electrons. The standard InChI is InChI=1S/C17H15NO3/c1-20-17(19)14-10-18-16-13(14)8-5-9-15(16)21-11-12-6-3-2-4-7-12/h2-10,18H,11H2,1H3. The van der Waals surface area contributed by atoms with E-state index in [0.29, 0.717) is 17.9 Å². The molecule has 4 nitrogen and oxygen atoms in total. The number of aromatic nitrogens is 1. The zero-order valence-electron chi connectivity index (χ0n) is 11.6. The predicted octanol–water partition coefficient (Wildman–Crippen LogP) is 3.53. The van der Waals surface area contributed by atoms with Crippen molar-refractivity contribution in [1.29, 1.82) is 0 Å². The third kappa shape index (κ3) is 2.60. The van der Waals surface area contributed by atoms with Crippen LogP contribution in [0.2, 0.25) is 0 Å². The van der Waals surface area contributed by atoms with Gasteiger partial charge in [0.25, 0.3) is 0 Å². The Kier molecular flexibility index (Phi) is 3.60. The molecule has 4 heteroatoms. The number of methoxy groups -OCH3 is 1. The number of carbonyl (C=O) groups is 1. The molecule has 0 amide bonds. The molecule has 21 heavy (non-hydrogen) atoms. The lowest BCUT2D eigenvalue weighted by atomic mass is 10.1. The summed E-state index contributed by atoms with van der Waals surface area (Å²) in [5.74, 6) is 0.355. The summed E-state index contributed by atoms with van der Waals surface area (Å²) in [6.45, 7) is 0.479. The predicted molar refractivity (Wildman–Crippen MR) is 80.4 cm³/mol. The lowest BCUT2D eigenvalue weighted by molar-refractivity contribution is 0.0603. The lowest BCUT2D eigenvalue weighted by Gasteiger charge is -2.07. The summed E-state index contributed by atoms with van der Waals surface area (Å²) in [5, 5.41) is 0.799. The van der Waals surface area contributed by atoms with Gasteiger partial charge in [-0.25, -0.2) is 4.79 Å². The van der Waals surface area contributed by atoms with Gasteiger partial charge in [0.1, 0.15) is 12.4 Å². The van der Waals surface area contributed by atoms with Crippen LogP contribution in [0.5, 0.6) is 5.75 Å². The molecule has 3 rings (SSSR count). The molecule has 0 aliphatic rings. The van der Waals surface area contributed by atoms with E-state index in [2.05, 4.69) is 4.98 Å². The number of benzene rings is 2. The number of rotatable bonds is 4. The van der Waals surface area contributed by atoms with Gasteiger partial charge in [0, 0.05) is 11.6 Å². The molecule has 0 atom stereocenters. The maximum Gasteiger partial charge on any atom is 0.340 e. The molecular formula is C17H15NO3. The summed E-state index contributed by atoms with van der Waals surface area (Å²) in [7, 11) is 1.37. The highest BCUT2D eigenvalue weighted by Crippen LogP contribution is 2.28. The van der Waals surface area contributed by atoms with E-state index in [9.17, 15) is 4.79 Å². The number of esters is 1. The normalized spacial score (nSPS) is 10.5. The number of carbonyl (C=O) groups excluding carboxylic acids is 1. The molecule has 0 radical (unpaired) electrons. The van der Waals surface area contributed by atoms with Crippen LogP contribution < -0.4 is 4.74 Å². The maximum atomic E-state index is 11.7. The van der Waals surface area contributed by atoms with Gasteiger partial charge in [0.05, 0.1) is 18.2 Å². The van der Waals surface area contributed by atoms with Crippen molar-refractivity contribution in [3.8, 4) is 5.75 Å². The summed E-state index contributed by atoms with van der Waals surface area (Å²) < 4.78 is 10.6. The van der Waals surface area contributed by atoms with E-state index in [1.807, 2.05) is 48.5 Å². The van der Waals surface area contributed by atoms with Gasteiger partial charge in [-0.3, -0.25) is 0 Å². The maximum absolute atomic E-state index is 11.7. The van der Waals surface area contributed by atoms with Crippen molar-refractivity contribution in [2.45, 2.75) is 6.61 Å². The average Bonchev–Trinajstić information content (AvgIpc) is 2.97. The van der Waals surface area contributed by atoms with Crippen LogP contribution in [0.3, 0.4) is 0 Å². The van der Waals surface area contributed by atoms with Crippen LogP contribution in [0.25, 0.3) is 10.9 Å². The van der Waals surface area contributed by atoms with Crippen molar-refractivity contribution in [2.24, 2.45) is 0 Å². The fourth-order valence-electron chi connectivity index (χ4n) is 2.26. The average molecular weight is 281 g/mol. The number of aromatic amines is 1. The molecule has 0 aliphatic carbocycles. The second kappa shape index (κ2) is 5.71. The second-order valence-corrected chi connectivity index (χ2v) is 4.65. The Bertz CT molecular complexity index is 762. The van der Waals surface area contributed by atoms with Crippen LogP contribution in [0.4, 0.5) is 0 Å². The Morgan fingerprint density at radius 3 is 2.67 bits per heavy atom. The third-order valence-corrected chi connectivity index (χ3v) is 3.32. The van der Waals surface area contributed by atoms with Crippen LogP contribution in [-0.2, 0) is 11.3 Å². The zero-order valence-corrected chi connectivity index (χ0v) is 11.6. The van der Waals surface area contributed by atoms with Crippen LogP contribution in [-0.4, -0.2) is 18.1 Å². The summed E-state index contributed by atoms with van der Waals surface area (Å²) in [5.41, 5.74) is 2.40. The summed E-state index contributed by atoms with van der Waals surface area (Å²) >= 11 is 0. The Morgan fingerprint density at radius 1 is 1.10 bits per heavy atom. The molecular weight excluding hydrogens is 266 g/mol. The van der Waals surface area contributed by atoms with Gasteiger partial charge in [-0.15, -0.1) is 0 Å². The monoisotopic (exact) mass is 281 g/mol. The topological polar surface area (TPSA) is 51.3 Å². The van der Waals surface area contributed by atoms with E-state index >= 15 is 0 Å². The van der Waals surface area contributed by atoms with Crippen molar-refractivity contribution in [2.75, 3.05) is 7.11 Å². The quantitative estimate of drug-likeness (QED) is 0.744. The van der Waals surface area contributed by atoms with Crippen molar-refractivity contribution >= 4 is 16.9 Å². The van der Waals surface area contributed by atoms with Crippen LogP contribution in [0.15, 0.2) is 54.7 Å². The summed E-state index contributed by atoms with van der Waals surface area (Å²) in [6, 6.07) is 15.5. The van der Waals surface area contributed by atoms with E-state index < -0.39 is 0 Å². The van der Waals surface area contributed by atoms with Crippen LogP contribution in [0, 0.1) is 0 Å². The minimum atomic E-state index is -0.360. The first-order chi connectivity index (χ1) is 10.3. The number of para-hydroxylation sites is 1. The van der Waals surface area contributed by atoms with Gasteiger partial charge in [-0.2, -0.15) is 0 Å². The molecule has 0 bridgehead atoms. The molecule has 3 aromatic rings. The number of hydrogen-bond acceptors (Lipinski definition) is 3. The van der Waals surface area contributed by atoms with E-state index in [4.69, 9.17) is 9.47 Å². The third-order valence-electron chi connectivity index (χ3n) is 3.32. The largest absolute Gasteiger partial charge is 0.487 e.